The van der Waals surface area contributed by atoms with Crippen LogP contribution in [-0.4, -0.2) is 45.9 Å². The minimum absolute atomic E-state index is 0.0889. The summed E-state index contributed by atoms with van der Waals surface area (Å²) in [7, 11) is 0. The van der Waals surface area contributed by atoms with E-state index in [1.165, 1.54) is 12.3 Å². The maximum atomic E-state index is 13.0. The fraction of sp³-hybridized carbons (Fsp3) is 0.444. The molecule has 2 bridgehead atoms. The van der Waals surface area contributed by atoms with E-state index in [-0.39, 0.29) is 17.8 Å². The summed E-state index contributed by atoms with van der Waals surface area (Å²) in [4.78, 5) is 22.2. The summed E-state index contributed by atoms with van der Waals surface area (Å²) in [5.41, 5.74) is 1.84. The Bertz CT molecular complexity index is 732. The molecule has 0 radical (unpaired) electrons. The third-order valence-electron chi connectivity index (χ3n) is 5.41. The highest BCUT2D eigenvalue weighted by Gasteiger charge is 2.40. The van der Waals surface area contributed by atoms with Gasteiger partial charge in [0.2, 0.25) is 0 Å². The number of hydrogen-bond acceptors (Lipinski definition) is 3. The minimum atomic E-state index is -0.375. The average Bonchev–Trinajstić information content (AvgIpc) is 3.09. The number of carbonyl (C=O) groups excluding carboxylic acids is 1. The van der Waals surface area contributed by atoms with Crippen molar-refractivity contribution in [2.75, 3.05) is 13.1 Å². The van der Waals surface area contributed by atoms with Crippen LogP contribution in [0.15, 0.2) is 30.5 Å². The lowest BCUT2D eigenvalue weighted by molar-refractivity contribution is 0.0216. The van der Waals surface area contributed by atoms with Gasteiger partial charge in [0.15, 0.2) is 0 Å². The Morgan fingerprint density at radius 1 is 1.29 bits per heavy atom. The van der Waals surface area contributed by atoms with Gasteiger partial charge in [-0.05, 0) is 63.0 Å². The second kappa shape index (κ2) is 6.02. The molecule has 2 aromatic heterocycles. The predicted octanol–water partition coefficient (Wildman–Crippen LogP) is 2.43. The van der Waals surface area contributed by atoms with Gasteiger partial charge in [-0.1, -0.05) is 0 Å². The first-order valence-electron chi connectivity index (χ1n) is 8.47. The van der Waals surface area contributed by atoms with Gasteiger partial charge in [0.1, 0.15) is 11.5 Å². The van der Waals surface area contributed by atoms with Gasteiger partial charge in [-0.25, -0.2) is 4.39 Å². The van der Waals surface area contributed by atoms with Crippen molar-refractivity contribution in [1.29, 1.82) is 0 Å². The van der Waals surface area contributed by atoms with Crippen LogP contribution in [0, 0.1) is 11.7 Å². The zero-order valence-corrected chi connectivity index (χ0v) is 13.6. The molecule has 3 fully saturated rings. The molecule has 24 heavy (non-hydrogen) atoms. The predicted molar refractivity (Wildman–Crippen MR) is 89.0 cm³/mol. The first-order valence-corrected chi connectivity index (χ1v) is 8.47. The maximum absolute atomic E-state index is 13.0. The average molecular weight is 328 g/mol. The molecule has 2 atom stereocenters. The number of carbonyl (C=O) groups is 1. The summed E-state index contributed by atoms with van der Waals surface area (Å²) in [5, 5.41) is 3.20. The normalized spacial score (nSPS) is 28.8. The third-order valence-corrected chi connectivity index (χ3v) is 5.41. The topological polar surface area (TPSA) is 61.0 Å². The molecule has 0 aliphatic carbocycles. The molecule has 5 rings (SSSR count). The zero-order valence-electron chi connectivity index (χ0n) is 13.6. The quantitative estimate of drug-likeness (QED) is 0.910. The SMILES string of the molecule is C[C@H]1[C@H](NC(=O)c2ccc(-c3ccc(F)cn3)[nH]2)C2CCN1CC2. The van der Waals surface area contributed by atoms with E-state index in [1.54, 1.807) is 18.2 Å². The summed E-state index contributed by atoms with van der Waals surface area (Å²) in [6.45, 7) is 4.47. The van der Waals surface area contributed by atoms with Crippen LogP contribution in [0.4, 0.5) is 4.39 Å². The van der Waals surface area contributed by atoms with Crippen LogP contribution >= 0.6 is 0 Å². The van der Waals surface area contributed by atoms with Gasteiger partial charge in [-0.3, -0.25) is 14.7 Å². The zero-order chi connectivity index (χ0) is 16.7. The molecule has 3 aliphatic heterocycles. The summed E-state index contributed by atoms with van der Waals surface area (Å²) >= 11 is 0. The largest absolute Gasteiger partial charge is 0.349 e. The second-order valence-corrected chi connectivity index (χ2v) is 6.76. The summed E-state index contributed by atoms with van der Waals surface area (Å²) < 4.78 is 13.0. The molecule has 2 N–H and O–H groups in total. The van der Waals surface area contributed by atoms with Crippen LogP contribution in [0.5, 0.6) is 0 Å². The number of pyridine rings is 1. The van der Waals surface area contributed by atoms with E-state index >= 15 is 0 Å². The Kier molecular flexibility index (Phi) is 3.84. The Morgan fingerprint density at radius 3 is 2.75 bits per heavy atom. The first kappa shape index (κ1) is 15.3. The van der Waals surface area contributed by atoms with Crippen molar-refractivity contribution < 1.29 is 9.18 Å². The highest BCUT2D eigenvalue weighted by Crippen LogP contribution is 2.32. The number of aromatic nitrogens is 2. The number of H-pyrrole nitrogens is 1. The highest BCUT2D eigenvalue weighted by molar-refractivity contribution is 5.93. The number of aromatic amines is 1. The Hall–Kier alpha value is -2.21. The Morgan fingerprint density at radius 2 is 2.08 bits per heavy atom. The van der Waals surface area contributed by atoms with Crippen LogP contribution in [0.1, 0.15) is 30.3 Å². The van der Waals surface area contributed by atoms with E-state index < -0.39 is 0 Å². The minimum Gasteiger partial charge on any atom is -0.349 e. The Balaban J connectivity index is 1.48. The monoisotopic (exact) mass is 328 g/mol. The van der Waals surface area contributed by atoms with E-state index in [1.807, 2.05) is 0 Å². The molecule has 0 saturated carbocycles. The highest BCUT2D eigenvalue weighted by atomic mass is 19.1. The van der Waals surface area contributed by atoms with Crippen LogP contribution < -0.4 is 5.32 Å². The number of fused-ring (bicyclic) bond motifs is 3. The van der Waals surface area contributed by atoms with E-state index in [4.69, 9.17) is 0 Å². The van der Waals surface area contributed by atoms with E-state index in [2.05, 4.69) is 27.1 Å². The van der Waals surface area contributed by atoms with E-state index in [9.17, 15) is 9.18 Å². The van der Waals surface area contributed by atoms with Crippen molar-refractivity contribution in [1.82, 2.24) is 20.2 Å². The van der Waals surface area contributed by atoms with Crippen molar-refractivity contribution in [3.05, 3.63) is 42.0 Å². The van der Waals surface area contributed by atoms with Gasteiger partial charge in [0.25, 0.3) is 5.91 Å². The van der Waals surface area contributed by atoms with Crippen LogP contribution in [0.3, 0.4) is 0 Å². The van der Waals surface area contributed by atoms with Gasteiger partial charge < -0.3 is 10.3 Å². The molecule has 3 aliphatic rings. The fourth-order valence-electron chi connectivity index (χ4n) is 3.99. The standard InChI is InChI=1S/C18H21FN4O/c1-11-17(12-6-8-23(11)9-7-12)22-18(24)16-5-4-15(21-16)14-3-2-13(19)10-20-14/h2-5,10-12,17,21H,6-9H2,1H3,(H,22,24)/t11-,17-/m0/s1. The number of nitrogens with one attached hydrogen (secondary N) is 2. The Labute approximate surface area is 140 Å². The van der Waals surface area contributed by atoms with Crippen molar-refractivity contribution in [2.45, 2.75) is 31.8 Å². The van der Waals surface area contributed by atoms with Gasteiger partial charge in [0.05, 0.1) is 17.6 Å². The summed E-state index contributed by atoms with van der Waals surface area (Å²) in [6.07, 6.45) is 3.49. The summed E-state index contributed by atoms with van der Waals surface area (Å²) in [6, 6.07) is 7.10. The molecule has 5 heterocycles. The van der Waals surface area contributed by atoms with Crippen LogP contribution in [-0.2, 0) is 0 Å². The van der Waals surface area contributed by atoms with Crippen LogP contribution in [0.2, 0.25) is 0 Å². The maximum Gasteiger partial charge on any atom is 0.267 e. The number of halogens is 1. The van der Waals surface area contributed by atoms with Crippen molar-refractivity contribution in [2.24, 2.45) is 5.92 Å². The van der Waals surface area contributed by atoms with Crippen molar-refractivity contribution >= 4 is 5.91 Å². The number of amides is 1. The van der Waals surface area contributed by atoms with Crippen molar-refractivity contribution in [3.8, 4) is 11.4 Å². The molecule has 0 spiro atoms. The van der Waals surface area contributed by atoms with Gasteiger partial charge in [-0.2, -0.15) is 0 Å². The number of hydrogen-bond donors (Lipinski definition) is 2. The number of piperidine rings is 3. The van der Waals surface area contributed by atoms with Gasteiger partial charge >= 0.3 is 0 Å². The molecule has 0 unspecified atom stereocenters. The fourth-order valence-corrected chi connectivity index (χ4v) is 3.99. The van der Waals surface area contributed by atoms with Gasteiger partial charge in [0, 0.05) is 12.1 Å². The molecule has 3 saturated heterocycles. The van der Waals surface area contributed by atoms with Crippen molar-refractivity contribution in [3.63, 3.8) is 0 Å². The molecule has 0 aromatic carbocycles. The molecule has 5 nitrogen and oxygen atoms in total. The third kappa shape index (κ3) is 2.71. The molecular formula is C18H21FN4O. The second-order valence-electron chi connectivity index (χ2n) is 6.76. The first-order chi connectivity index (χ1) is 11.6. The molecule has 126 valence electrons. The smallest absolute Gasteiger partial charge is 0.267 e. The van der Waals surface area contributed by atoms with E-state index in [0.717, 1.165) is 25.9 Å². The van der Waals surface area contributed by atoms with Gasteiger partial charge in [-0.15, -0.1) is 0 Å². The molecule has 2 aromatic rings. The lowest BCUT2D eigenvalue weighted by Gasteiger charge is -2.49. The summed E-state index contributed by atoms with van der Waals surface area (Å²) in [5.74, 6) is 0.107. The lowest BCUT2D eigenvalue weighted by Crippen LogP contribution is -2.62. The molecule has 6 heteroatoms. The number of rotatable bonds is 3. The molecule has 1 amide bonds. The number of nitrogens with zero attached hydrogens (tertiary/aromatic N) is 2. The lowest BCUT2D eigenvalue weighted by atomic mass is 9.79. The van der Waals surface area contributed by atoms with E-state index in [0.29, 0.717) is 29.0 Å². The van der Waals surface area contributed by atoms with Crippen LogP contribution in [0.25, 0.3) is 11.4 Å². The molecular weight excluding hydrogens is 307 g/mol.